The van der Waals surface area contributed by atoms with Crippen molar-refractivity contribution in [1.82, 2.24) is 4.90 Å². The molecule has 0 radical (unpaired) electrons. The van der Waals surface area contributed by atoms with Crippen LogP contribution in [0.4, 0.5) is 0 Å². The lowest BCUT2D eigenvalue weighted by molar-refractivity contribution is -0.142. The topological polar surface area (TPSA) is 66.6 Å². The maximum atomic E-state index is 12.6. The monoisotopic (exact) mass is 270 g/mol. The first-order valence-corrected chi connectivity index (χ1v) is 7.36. The largest absolute Gasteiger partial charge is 0.393 e. The molecule has 1 fully saturated rings. The van der Waals surface area contributed by atoms with E-state index in [9.17, 15) is 9.90 Å². The third-order valence-electron chi connectivity index (χ3n) is 5.06. The number of aliphatic hydroxyl groups is 1. The van der Waals surface area contributed by atoms with Gasteiger partial charge in [0, 0.05) is 25.6 Å². The number of carbonyl (C=O) groups is 1. The fourth-order valence-electron chi connectivity index (χ4n) is 3.05. The van der Waals surface area contributed by atoms with Crippen LogP contribution in [0.1, 0.15) is 47.0 Å². The zero-order chi connectivity index (χ0) is 14.8. The van der Waals surface area contributed by atoms with Gasteiger partial charge in [-0.3, -0.25) is 4.79 Å². The minimum Gasteiger partial charge on any atom is -0.393 e. The molecule has 0 aliphatic heterocycles. The molecule has 0 aromatic carbocycles. The van der Waals surface area contributed by atoms with E-state index in [0.717, 1.165) is 12.8 Å². The summed E-state index contributed by atoms with van der Waals surface area (Å²) in [6, 6.07) is 0.196. The van der Waals surface area contributed by atoms with Crippen LogP contribution in [-0.4, -0.2) is 41.7 Å². The predicted molar refractivity (Wildman–Crippen MR) is 77.6 cm³/mol. The molecule has 4 atom stereocenters. The molecule has 1 aliphatic rings. The molecule has 0 spiro atoms. The van der Waals surface area contributed by atoms with E-state index in [0.29, 0.717) is 18.9 Å². The summed E-state index contributed by atoms with van der Waals surface area (Å²) in [7, 11) is 1.83. The zero-order valence-corrected chi connectivity index (χ0v) is 13.0. The van der Waals surface area contributed by atoms with E-state index in [1.165, 1.54) is 0 Å². The first-order valence-electron chi connectivity index (χ1n) is 7.36. The smallest absolute Gasteiger partial charge is 0.225 e. The van der Waals surface area contributed by atoms with E-state index >= 15 is 0 Å². The fraction of sp³-hybridized carbons (Fsp3) is 0.933. The van der Waals surface area contributed by atoms with Crippen LogP contribution in [0.5, 0.6) is 0 Å². The third kappa shape index (κ3) is 3.69. The van der Waals surface area contributed by atoms with Crippen molar-refractivity contribution in [2.45, 2.75) is 59.1 Å². The maximum absolute atomic E-state index is 12.6. The van der Waals surface area contributed by atoms with Gasteiger partial charge in [0.15, 0.2) is 0 Å². The molecule has 0 heterocycles. The van der Waals surface area contributed by atoms with E-state index in [1.807, 2.05) is 7.05 Å². The standard InChI is InChI=1S/C15H30N2O2/c1-10(18)8-9-17(5)14(19)12-6-7-13(16)11(2)15(12,3)4/h10-13,18H,6-9,16H2,1-5H3. The Balaban J connectivity index is 2.70. The number of hydrogen-bond donors (Lipinski definition) is 2. The summed E-state index contributed by atoms with van der Waals surface area (Å²) >= 11 is 0. The Morgan fingerprint density at radius 2 is 2.05 bits per heavy atom. The predicted octanol–water partition coefficient (Wildman–Crippen LogP) is 1.62. The Labute approximate surface area is 117 Å². The Morgan fingerprint density at radius 3 is 2.58 bits per heavy atom. The summed E-state index contributed by atoms with van der Waals surface area (Å²) in [6.45, 7) is 8.83. The van der Waals surface area contributed by atoms with Gasteiger partial charge < -0.3 is 15.7 Å². The first-order chi connectivity index (χ1) is 8.67. The lowest BCUT2D eigenvalue weighted by Gasteiger charge is -2.47. The number of amides is 1. The second-order valence-corrected chi connectivity index (χ2v) is 6.80. The fourth-order valence-corrected chi connectivity index (χ4v) is 3.05. The lowest BCUT2D eigenvalue weighted by atomic mass is 9.61. The minimum atomic E-state index is -0.359. The van der Waals surface area contributed by atoms with Gasteiger partial charge in [-0.2, -0.15) is 0 Å². The second-order valence-electron chi connectivity index (χ2n) is 6.80. The summed E-state index contributed by atoms with van der Waals surface area (Å²) < 4.78 is 0. The third-order valence-corrected chi connectivity index (χ3v) is 5.06. The molecule has 0 saturated heterocycles. The van der Waals surface area contributed by atoms with E-state index in [4.69, 9.17) is 5.73 Å². The van der Waals surface area contributed by atoms with Crippen molar-refractivity contribution in [2.75, 3.05) is 13.6 Å². The number of hydrogen-bond acceptors (Lipinski definition) is 3. The molecule has 0 aromatic heterocycles. The number of nitrogens with two attached hydrogens (primary N) is 1. The van der Waals surface area contributed by atoms with Crippen molar-refractivity contribution >= 4 is 5.91 Å². The Bertz CT molecular complexity index is 315. The minimum absolute atomic E-state index is 0.0429. The van der Waals surface area contributed by atoms with E-state index in [-0.39, 0.29) is 29.4 Å². The summed E-state index contributed by atoms with van der Waals surface area (Å²) in [6.07, 6.45) is 2.06. The van der Waals surface area contributed by atoms with Gasteiger partial charge in [-0.05, 0) is 37.5 Å². The molecule has 4 nitrogen and oxygen atoms in total. The van der Waals surface area contributed by atoms with Crippen molar-refractivity contribution in [1.29, 1.82) is 0 Å². The molecule has 1 amide bonds. The van der Waals surface area contributed by atoms with E-state index in [1.54, 1.807) is 11.8 Å². The molecular formula is C15H30N2O2. The summed E-state index contributed by atoms with van der Waals surface area (Å²) in [5, 5.41) is 9.32. The quantitative estimate of drug-likeness (QED) is 0.815. The van der Waals surface area contributed by atoms with Crippen LogP contribution >= 0.6 is 0 Å². The van der Waals surface area contributed by atoms with Gasteiger partial charge in [0.2, 0.25) is 5.91 Å². The van der Waals surface area contributed by atoms with E-state index in [2.05, 4.69) is 20.8 Å². The highest BCUT2D eigenvalue weighted by molar-refractivity contribution is 5.79. The molecule has 112 valence electrons. The van der Waals surface area contributed by atoms with Gasteiger partial charge in [-0.1, -0.05) is 20.8 Å². The van der Waals surface area contributed by atoms with Crippen LogP contribution in [-0.2, 0) is 4.79 Å². The highest BCUT2D eigenvalue weighted by Crippen LogP contribution is 2.45. The number of aliphatic hydroxyl groups excluding tert-OH is 1. The van der Waals surface area contributed by atoms with Gasteiger partial charge in [-0.15, -0.1) is 0 Å². The van der Waals surface area contributed by atoms with Gasteiger partial charge in [0.25, 0.3) is 0 Å². The Morgan fingerprint density at radius 1 is 1.47 bits per heavy atom. The van der Waals surface area contributed by atoms with Crippen LogP contribution in [0.15, 0.2) is 0 Å². The molecule has 1 rings (SSSR count). The van der Waals surface area contributed by atoms with Gasteiger partial charge in [0.1, 0.15) is 0 Å². The summed E-state index contributed by atoms with van der Waals surface area (Å²) in [5.74, 6) is 0.589. The van der Waals surface area contributed by atoms with E-state index < -0.39 is 0 Å². The molecule has 0 aromatic rings. The highest BCUT2D eigenvalue weighted by atomic mass is 16.3. The molecule has 4 unspecified atom stereocenters. The van der Waals surface area contributed by atoms with Crippen LogP contribution in [0.2, 0.25) is 0 Å². The number of carbonyl (C=O) groups excluding carboxylic acids is 1. The van der Waals surface area contributed by atoms with Crippen molar-refractivity contribution in [3.05, 3.63) is 0 Å². The first kappa shape index (κ1) is 16.4. The Kier molecular flexibility index (Phi) is 5.39. The number of nitrogens with zero attached hydrogens (tertiary/aromatic N) is 1. The van der Waals surface area contributed by atoms with Crippen LogP contribution in [0, 0.1) is 17.3 Å². The SMILES string of the molecule is CC(O)CCN(C)C(=O)C1CCC(N)C(C)C1(C)C. The van der Waals surface area contributed by atoms with Crippen molar-refractivity contribution in [3.63, 3.8) is 0 Å². The Hall–Kier alpha value is -0.610. The molecule has 4 heteroatoms. The van der Waals surface area contributed by atoms with Crippen LogP contribution in [0.25, 0.3) is 0 Å². The van der Waals surface area contributed by atoms with Crippen LogP contribution < -0.4 is 5.73 Å². The normalized spacial score (nSPS) is 31.8. The molecule has 1 aliphatic carbocycles. The molecule has 0 bridgehead atoms. The lowest BCUT2D eigenvalue weighted by Crippen LogP contribution is -2.52. The molecular weight excluding hydrogens is 240 g/mol. The van der Waals surface area contributed by atoms with Crippen molar-refractivity contribution in [3.8, 4) is 0 Å². The molecule has 19 heavy (non-hydrogen) atoms. The van der Waals surface area contributed by atoms with Crippen molar-refractivity contribution in [2.24, 2.45) is 23.0 Å². The molecule has 3 N–H and O–H groups in total. The second kappa shape index (κ2) is 6.23. The van der Waals surface area contributed by atoms with Gasteiger partial charge in [0.05, 0.1) is 6.10 Å². The average molecular weight is 270 g/mol. The van der Waals surface area contributed by atoms with Gasteiger partial charge >= 0.3 is 0 Å². The molecule has 1 saturated carbocycles. The van der Waals surface area contributed by atoms with Crippen LogP contribution in [0.3, 0.4) is 0 Å². The van der Waals surface area contributed by atoms with Gasteiger partial charge in [-0.25, -0.2) is 0 Å². The number of rotatable bonds is 4. The maximum Gasteiger partial charge on any atom is 0.225 e. The summed E-state index contributed by atoms with van der Waals surface area (Å²) in [5.41, 5.74) is 6.07. The zero-order valence-electron chi connectivity index (χ0n) is 13.0. The average Bonchev–Trinajstić information content (AvgIpc) is 2.32. The van der Waals surface area contributed by atoms with Crippen molar-refractivity contribution < 1.29 is 9.90 Å². The highest BCUT2D eigenvalue weighted by Gasteiger charge is 2.45. The summed E-state index contributed by atoms with van der Waals surface area (Å²) in [4.78, 5) is 14.3.